The molecule has 6 nitrogen and oxygen atoms in total. The molecule has 1 aromatic heterocycles. The summed E-state index contributed by atoms with van der Waals surface area (Å²) in [6.07, 6.45) is 0.291. The number of ether oxygens (including phenoxy) is 1. The molecule has 0 saturated heterocycles. The van der Waals surface area contributed by atoms with Gasteiger partial charge in [0.25, 0.3) is 0 Å². The first-order valence-corrected chi connectivity index (χ1v) is 8.61. The van der Waals surface area contributed by atoms with Crippen molar-refractivity contribution in [2.24, 2.45) is 9.98 Å². The van der Waals surface area contributed by atoms with E-state index in [1.807, 2.05) is 67.6 Å². The molecule has 2 heterocycles. The molecule has 134 valence electrons. The number of hydrogen-bond acceptors (Lipinski definition) is 5. The third-order valence-corrected chi connectivity index (χ3v) is 4.36. The van der Waals surface area contributed by atoms with Crippen LogP contribution in [0.25, 0.3) is 5.69 Å². The molecule has 3 aromatic rings. The van der Waals surface area contributed by atoms with E-state index in [-0.39, 0.29) is 0 Å². The minimum Gasteiger partial charge on any atom is -0.465 e. The Morgan fingerprint density at radius 1 is 1.00 bits per heavy atom. The normalized spacial score (nSPS) is 13.3. The Morgan fingerprint density at radius 3 is 2.33 bits per heavy atom. The minimum absolute atomic E-state index is 0.291. The summed E-state index contributed by atoms with van der Waals surface area (Å²) in [6, 6.07) is 19.5. The zero-order valence-electron chi connectivity index (χ0n) is 15.1. The predicted octanol–water partition coefficient (Wildman–Crippen LogP) is 3.95. The predicted molar refractivity (Wildman–Crippen MR) is 105 cm³/mol. The fourth-order valence-electron chi connectivity index (χ4n) is 3.02. The van der Waals surface area contributed by atoms with E-state index in [9.17, 15) is 4.79 Å². The molecule has 0 saturated carbocycles. The fourth-order valence-corrected chi connectivity index (χ4v) is 3.02. The topological polar surface area (TPSA) is 68.8 Å². The van der Waals surface area contributed by atoms with Gasteiger partial charge in [0.05, 0.1) is 24.2 Å². The van der Waals surface area contributed by atoms with E-state index in [0.29, 0.717) is 29.3 Å². The van der Waals surface area contributed by atoms with E-state index >= 15 is 0 Å². The van der Waals surface area contributed by atoms with Gasteiger partial charge in [-0.15, -0.1) is 0 Å². The number of nitrogens with zero attached hydrogens (tertiary/aromatic N) is 4. The van der Waals surface area contributed by atoms with Crippen molar-refractivity contribution in [1.82, 2.24) is 9.78 Å². The zero-order chi connectivity index (χ0) is 18.8. The summed E-state index contributed by atoms with van der Waals surface area (Å²) in [4.78, 5) is 21.7. The van der Waals surface area contributed by atoms with Crippen LogP contribution in [0.2, 0.25) is 0 Å². The number of aryl methyl sites for hydroxylation is 1. The van der Waals surface area contributed by atoms with Gasteiger partial charge in [0, 0.05) is 6.42 Å². The number of aromatic nitrogens is 2. The summed E-state index contributed by atoms with van der Waals surface area (Å²) >= 11 is 0. The van der Waals surface area contributed by atoms with E-state index in [1.165, 1.54) is 7.11 Å². The Morgan fingerprint density at radius 2 is 1.67 bits per heavy atom. The van der Waals surface area contributed by atoms with Crippen LogP contribution < -0.4 is 0 Å². The first-order valence-electron chi connectivity index (χ1n) is 8.61. The molecule has 0 N–H and O–H groups in total. The Hall–Kier alpha value is -3.54. The lowest BCUT2D eigenvalue weighted by atomic mass is 10.0. The van der Waals surface area contributed by atoms with Crippen molar-refractivity contribution in [2.45, 2.75) is 13.3 Å². The molecule has 1 aliphatic rings. The number of hydrogen-bond donors (Lipinski definition) is 0. The number of esters is 1. The minimum atomic E-state index is -0.460. The van der Waals surface area contributed by atoms with Crippen molar-refractivity contribution in [3.8, 4) is 5.69 Å². The lowest BCUT2D eigenvalue weighted by Crippen LogP contribution is -2.19. The van der Waals surface area contributed by atoms with Gasteiger partial charge in [-0.05, 0) is 24.6 Å². The van der Waals surface area contributed by atoms with Crippen molar-refractivity contribution >= 4 is 28.9 Å². The van der Waals surface area contributed by atoms with Crippen LogP contribution in [0.15, 0.2) is 70.6 Å². The quantitative estimate of drug-likeness (QED) is 0.666. The highest BCUT2D eigenvalue weighted by molar-refractivity contribution is 6.42. The summed E-state index contributed by atoms with van der Waals surface area (Å²) in [5, 5.41) is 4.60. The number of fused-ring (bicyclic) bond motifs is 1. The van der Waals surface area contributed by atoms with Crippen LogP contribution >= 0.6 is 0 Å². The second-order valence-electron chi connectivity index (χ2n) is 6.16. The van der Waals surface area contributed by atoms with E-state index in [4.69, 9.17) is 9.73 Å². The molecule has 0 fully saturated rings. The third kappa shape index (κ3) is 3.17. The standard InChI is InChI=1S/C21H18N4O2/c1-14-19-20(25(24-14)16-11-7-4-8-12-16)23-17(15-9-5-3-6-10-15)13-18(22-19)21(26)27-2/h3-12H,13H2,1-2H3. The number of benzene rings is 2. The van der Waals surface area contributed by atoms with Crippen molar-refractivity contribution in [3.63, 3.8) is 0 Å². The monoisotopic (exact) mass is 358 g/mol. The lowest BCUT2D eigenvalue weighted by molar-refractivity contribution is -0.132. The van der Waals surface area contributed by atoms with E-state index in [2.05, 4.69) is 10.1 Å². The average molecular weight is 358 g/mol. The molecular weight excluding hydrogens is 340 g/mol. The van der Waals surface area contributed by atoms with Crippen molar-refractivity contribution in [3.05, 3.63) is 71.9 Å². The van der Waals surface area contributed by atoms with Gasteiger partial charge < -0.3 is 4.74 Å². The molecule has 6 heteroatoms. The maximum atomic E-state index is 12.3. The molecule has 0 amide bonds. The van der Waals surface area contributed by atoms with Crippen molar-refractivity contribution in [1.29, 1.82) is 0 Å². The molecule has 1 aliphatic heterocycles. The highest BCUT2D eigenvalue weighted by Crippen LogP contribution is 2.36. The van der Waals surface area contributed by atoms with Crippen molar-refractivity contribution < 1.29 is 9.53 Å². The van der Waals surface area contributed by atoms with Crippen LogP contribution in [0.5, 0.6) is 0 Å². The Balaban J connectivity index is 1.96. The van der Waals surface area contributed by atoms with Crippen LogP contribution in [0, 0.1) is 6.92 Å². The molecule has 0 radical (unpaired) electrons. The summed E-state index contributed by atoms with van der Waals surface area (Å²) in [6.45, 7) is 1.86. The van der Waals surface area contributed by atoms with Gasteiger partial charge in [-0.25, -0.2) is 19.5 Å². The van der Waals surface area contributed by atoms with E-state index < -0.39 is 5.97 Å². The average Bonchev–Trinajstić information content (AvgIpc) is 2.90. The Kier molecular flexibility index (Phi) is 4.38. The van der Waals surface area contributed by atoms with Gasteiger partial charge in [-0.2, -0.15) is 5.10 Å². The van der Waals surface area contributed by atoms with Crippen molar-refractivity contribution in [2.75, 3.05) is 7.11 Å². The first-order chi connectivity index (χ1) is 13.2. The second kappa shape index (κ2) is 6.99. The third-order valence-electron chi connectivity index (χ3n) is 4.36. The number of para-hydroxylation sites is 1. The van der Waals surface area contributed by atoms with E-state index in [1.54, 1.807) is 4.68 Å². The molecule has 0 bridgehead atoms. The summed E-state index contributed by atoms with van der Waals surface area (Å²) in [5.41, 5.74) is 4.17. The Labute approximate surface area is 156 Å². The highest BCUT2D eigenvalue weighted by Gasteiger charge is 2.25. The maximum Gasteiger partial charge on any atom is 0.352 e. The molecule has 0 atom stereocenters. The van der Waals surface area contributed by atoms with Crippen LogP contribution in [0.4, 0.5) is 11.5 Å². The van der Waals surface area contributed by atoms with Crippen LogP contribution in [0.3, 0.4) is 0 Å². The smallest absolute Gasteiger partial charge is 0.352 e. The Bertz CT molecular complexity index is 1050. The van der Waals surface area contributed by atoms with Crippen LogP contribution in [-0.2, 0) is 9.53 Å². The summed E-state index contributed by atoms with van der Waals surface area (Å²) in [7, 11) is 1.36. The molecule has 4 rings (SSSR count). The van der Waals surface area contributed by atoms with E-state index in [0.717, 1.165) is 17.0 Å². The maximum absolute atomic E-state index is 12.3. The van der Waals surface area contributed by atoms with Gasteiger partial charge in [-0.3, -0.25) is 0 Å². The molecule has 27 heavy (non-hydrogen) atoms. The summed E-state index contributed by atoms with van der Waals surface area (Å²) < 4.78 is 6.69. The van der Waals surface area contributed by atoms with Gasteiger partial charge >= 0.3 is 5.97 Å². The van der Waals surface area contributed by atoms with Gasteiger partial charge in [-0.1, -0.05) is 48.5 Å². The van der Waals surface area contributed by atoms with Gasteiger partial charge in [0.2, 0.25) is 0 Å². The van der Waals surface area contributed by atoms with Crippen LogP contribution in [-0.4, -0.2) is 34.3 Å². The molecule has 0 spiro atoms. The highest BCUT2D eigenvalue weighted by atomic mass is 16.5. The number of rotatable bonds is 3. The number of carbonyl (C=O) groups is 1. The molecule has 0 aliphatic carbocycles. The number of methoxy groups -OCH3 is 1. The van der Waals surface area contributed by atoms with Gasteiger partial charge in [0.15, 0.2) is 5.82 Å². The van der Waals surface area contributed by atoms with Crippen LogP contribution in [0.1, 0.15) is 17.7 Å². The lowest BCUT2D eigenvalue weighted by Gasteiger charge is -2.07. The van der Waals surface area contributed by atoms with Gasteiger partial charge in [0.1, 0.15) is 11.4 Å². The zero-order valence-corrected chi connectivity index (χ0v) is 15.1. The molecular formula is C21H18N4O2. The molecule has 2 aromatic carbocycles. The summed E-state index contributed by atoms with van der Waals surface area (Å²) in [5.74, 6) is 0.148. The SMILES string of the molecule is COC(=O)C1=Nc2c(C)nn(-c3ccccc3)c2N=C(c2ccccc2)C1. The number of aliphatic imine (C=N–C) groups is 2. The fraction of sp³-hybridized carbons (Fsp3) is 0.143. The largest absolute Gasteiger partial charge is 0.465 e. The first kappa shape index (κ1) is 16.9. The number of carbonyl (C=O) groups excluding carboxylic acids is 1. The second-order valence-corrected chi connectivity index (χ2v) is 6.16. The molecule has 0 unspecified atom stereocenters.